The Morgan fingerprint density at radius 1 is 1.23 bits per heavy atom. The molecule has 142 valence electrons. The maximum atomic E-state index is 12.3. The first-order valence-electron chi connectivity index (χ1n) is 9.39. The third-order valence-corrected chi connectivity index (χ3v) is 5.18. The first-order chi connectivity index (χ1) is 12.6. The average molecular weight is 361 g/mol. The van der Waals surface area contributed by atoms with Crippen molar-refractivity contribution in [2.24, 2.45) is 5.92 Å². The Morgan fingerprint density at radius 3 is 2.62 bits per heavy atom. The number of likely N-dealkylation sites (tertiary alicyclic amines) is 1. The monoisotopic (exact) mass is 361 g/mol. The van der Waals surface area contributed by atoms with Crippen molar-refractivity contribution in [2.75, 3.05) is 31.6 Å². The van der Waals surface area contributed by atoms with Gasteiger partial charge in [-0.05, 0) is 56.6 Å². The maximum Gasteiger partial charge on any atom is 0.414 e. The number of hydrogen-bond donors (Lipinski definition) is 0. The van der Waals surface area contributed by atoms with Gasteiger partial charge in [-0.25, -0.2) is 9.59 Å². The molecule has 0 unspecified atom stereocenters. The van der Waals surface area contributed by atoms with Crippen LogP contribution in [0, 0.1) is 5.92 Å². The first-order valence-corrected chi connectivity index (χ1v) is 9.39. The maximum absolute atomic E-state index is 12.3. The minimum absolute atomic E-state index is 0.0767. The number of carbonyl (C=O) groups is 2. The van der Waals surface area contributed by atoms with E-state index in [9.17, 15) is 9.59 Å². The molecule has 26 heavy (non-hydrogen) atoms. The van der Waals surface area contributed by atoms with E-state index in [0.717, 1.165) is 51.6 Å². The van der Waals surface area contributed by atoms with Gasteiger partial charge in [-0.3, -0.25) is 9.88 Å². The van der Waals surface area contributed by atoms with Crippen LogP contribution < -0.4 is 4.90 Å². The Labute approximate surface area is 154 Å². The molecule has 1 aliphatic carbocycles. The summed E-state index contributed by atoms with van der Waals surface area (Å²) in [5.41, 5.74) is 0.708. The molecule has 2 fully saturated rings. The van der Waals surface area contributed by atoms with Gasteiger partial charge >= 0.3 is 12.2 Å². The van der Waals surface area contributed by atoms with Crippen LogP contribution in [0.2, 0.25) is 0 Å². The van der Waals surface area contributed by atoms with Gasteiger partial charge in [0.05, 0.1) is 18.5 Å². The zero-order chi connectivity index (χ0) is 18.4. The summed E-state index contributed by atoms with van der Waals surface area (Å²) < 4.78 is 11.0. The van der Waals surface area contributed by atoms with Crippen molar-refractivity contribution >= 4 is 17.9 Å². The lowest BCUT2D eigenvalue weighted by Gasteiger charge is -2.29. The molecule has 2 aliphatic rings. The second-order valence-corrected chi connectivity index (χ2v) is 7.07. The topological polar surface area (TPSA) is 72.0 Å². The van der Waals surface area contributed by atoms with Crippen molar-refractivity contribution in [3.05, 3.63) is 24.5 Å². The molecule has 1 saturated heterocycles. The number of rotatable bonds is 4. The minimum Gasteiger partial charge on any atom is -0.449 e. The second kappa shape index (κ2) is 8.87. The third kappa shape index (κ3) is 4.86. The predicted molar refractivity (Wildman–Crippen MR) is 97.0 cm³/mol. The van der Waals surface area contributed by atoms with Crippen molar-refractivity contribution in [2.45, 2.75) is 44.6 Å². The molecule has 0 aromatic carbocycles. The molecule has 1 aromatic rings. The van der Waals surface area contributed by atoms with E-state index in [4.69, 9.17) is 9.47 Å². The number of ether oxygens (including phenoxy) is 2. The van der Waals surface area contributed by atoms with Gasteiger partial charge in [0.15, 0.2) is 0 Å². The summed E-state index contributed by atoms with van der Waals surface area (Å²) >= 11 is 0. The Kier molecular flexibility index (Phi) is 6.30. The molecule has 1 saturated carbocycles. The van der Waals surface area contributed by atoms with E-state index in [1.54, 1.807) is 30.4 Å². The Bertz CT molecular complexity index is 596. The minimum atomic E-state index is -0.359. The first kappa shape index (κ1) is 18.5. The smallest absolute Gasteiger partial charge is 0.414 e. The van der Waals surface area contributed by atoms with E-state index < -0.39 is 0 Å². The molecular formula is C19H27N3O4. The van der Waals surface area contributed by atoms with Gasteiger partial charge in [-0.1, -0.05) is 0 Å². The van der Waals surface area contributed by atoms with Crippen LogP contribution in [0.25, 0.3) is 0 Å². The molecule has 7 nitrogen and oxygen atoms in total. The summed E-state index contributed by atoms with van der Waals surface area (Å²) in [5, 5.41) is 0. The highest BCUT2D eigenvalue weighted by Crippen LogP contribution is 2.27. The number of amides is 2. The number of aromatic nitrogens is 1. The van der Waals surface area contributed by atoms with Crippen LogP contribution in [0.3, 0.4) is 0 Å². The molecule has 0 spiro atoms. The third-order valence-electron chi connectivity index (χ3n) is 5.18. The highest BCUT2D eigenvalue weighted by molar-refractivity contribution is 5.86. The van der Waals surface area contributed by atoms with Gasteiger partial charge in [0.2, 0.25) is 0 Å². The van der Waals surface area contributed by atoms with Crippen LogP contribution in [0.4, 0.5) is 15.3 Å². The molecule has 1 aliphatic heterocycles. The fourth-order valence-corrected chi connectivity index (χ4v) is 3.48. The number of pyridine rings is 1. The second-order valence-electron chi connectivity index (χ2n) is 7.07. The highest BCUT2D eigenvalue weighted by atomic mass is 16.6. The van der Waals surface area contributed by atoms with Crippen LogP contribution in [0.15, 0.2) is 24.5 Å². The Morgan fingerprint density at radius 2 is 1.96 bits per heavy atom. The van der Waals surface area contributed by atoms with E-state index in [1.807, 2.05) is 6.07 Å². The van der Waals surface area contributed by atoms with Crippen molar-refractivity contribution in [1.82, 2.24) is 9.88 Å². The number of carbonyl (C=O) groups excluding carboxylic acids is 2. The van der Waals surface area contributed by atoms with Gasteiger partial charge in [-0.2, -0.15) is 0 Å². The van der Waals surface area contributed by atoms with Crippen molar-refractivity contribution in [1.29, 1.82) is 0 Å². The van der Waals surface area contributed by atoms with Gasteiger partial charge in [0.25, 0.3) is 0 Å². The summed E-state index contributed by atoms with van der Waals surface area (Å²) in [4.78, 5) is 31.4. The molecular weight excluding hydrogens is 334 g/mol. The average Bonchev–Trinajstić information content (AvgIpc) is 3.22. The van der Waals surface area contributed by atoms with E-state index >= 15 is 0 Å². The normalized spacial score (nSPS) is 22.7. The number of anilines is 1. The molecule has 0 atom stereocenters. The van der Waals surface area contributed by atoms with Crippen LogP contribution in [-0.4, -0.2) is 54.9 Å². The van der Waals surface area contributed by atoms with E-state index in [-0.39, 0.29) is 18.3 Å². The summed E-state index contributed by atoms with van der Waals surface area (Å²) in [5.74, 6) is 0.354. The quantitative estimate of drug-likeness (QED) is 0.821. The Hall–Kier alpha value is -2.31. The van der Waals surface area contributed by atoms with Crippen LogP contribution >= 0.6 is 0 Å². The zero-order valence-electron chi connectivity index (χ0n) is 15.3. The molecule has 1 aromatic heterocycles. The standard InChI is InChI=1S/C19H27N3O4/c1-21(16-5-4-10-20-13-16)18(23)26-17-8-6-15(7-9-17)14-25-19(24)22-11-2-3-12-22/h4-5,10,13,15,17H,2-3,6-9,11-12,14H2,1H3. The number of hydrogen-bond acceptors (Lipinski definition) is 5. The van der Waals surface area contributed by atoms with Crippen LogP contribution in [0.5, 0.6) is 0 Å². The van der Waals surface area contributed by atoms with Crippen LogP contribution in [0.1, 0.15) is 38.5 Å². The van der Waals surface area contributed by atoms with Gasteiger partial charge in [0, 0.05) is 26.3 Å². The lowest BCUT2D eigenvalue weighted by molar-refractivity contribution is 0.0477. The highest BCUT2D eigenvalue weighted by Gasteiger charge is 2.27. The summed E-state index contributed by atoms with van der Waals surface area (Å²) in [6, 6.07) is 3.60. The molecule has 0 N–H and O–H groups in total. The van der Waals surface area contributed by atoms with Gasteiger partial charge in [-0.15, -0.1) is 0 Å². The molecule has 3 rings (SSSR count). The van der Waals surface area contributed by atoms with E-state index in [1.165, 1.54) is 4.90 Å². The molecule has 7 heteroatoms. The fourth-order valence-electron chi connectivity index (χ4n) is 3.48. The summed E-state index contributed by atoms with van der Waals surface area (Å²) in [6.07, 6.45) is 8.23. The van der Waals surface area contributed by atoms with Gasteiger partial charge < -0.3 is 14.4 Å². The predicted octanol–water partition coefficient (Wildman–Crippen LogP) is 3.45. The van der Waals surface area contributed by atoms with Crippen molar-refractivity contribution in [3.63, 3.8) is 0 Å². The lowest BCUT2D eigenvalue weighted by Crippen LogP contribution is -2.34. The van der Waals surface area contributed by atoms with Crippen molar-refractivity contribution < 1.29 is 19.1 Å². The van der Waals surface area contributed by atoms with E-state index in [0.29, 0.717) is 18.2 Å². The summed E-state index contributed by atoms with van der Waals surface area (Å²) in [7, 11) is 1.68. The van der Waals surface area contributed by atoms with Crippen molar-refractivity contribution in [3.8, 4) is 0 Å². The summed E-state index contributed by atoms with van der Waals surface area (Å²) in [6.45, 7) is 2.09. The molecule has 0 radical (unpaired) electrons. The largest absolute Gasteiger partial charge is 0.449 e. The fraction of sp³-hybridized carbons (Fsp3) is 0.632. The number of nitrogens with zero attached hydrogens (tertiary/aromatic N) is 3. The molecule has 2 amide bonds. The van der Waals surface area contributed by atoms with Crippen LogP contribution in [-0.2, 0) is 9.47 Å². The van der Waals surface area contributed by atoms with Gasteiger partial charge in [0.1, 0.15) is 6.10 Å². The molecule has 2 heterocycles. The lowest BCUT2D eigenvalue weighted by atomic mass is 9.88. The van der Waals surface area contributed by atoms with E-state index in [2.05, 4.69) is 4.98 Å². The Balaban J connectivity index is 1.37. The molecule has 0 bridgehead atoms. The zero-order valence-corrected chi connectivity index (χ0v) is 15.3. The SMILES string of the molecule is CN(C(=O)OC1CCC(COC(=O)N2CCCC2)CC1)c1cccnc1.